The summed E-state index contributed by atoms with van der Waals surface area (Å²) in [4.78, 5) is 4.63. The normalized spacial score (nSPS) is 10.8. The third-order valence-corrected chi connectivity index (χ3v) is 3.29. The van der Waals surface area contributed by atoms with E-state index >= 15 is 0 Å². The third-order valence-electron chi connectivity index (χ3n) is 3.29. The minimum absolute atomic E-state index is 0.702. The van der Waals surface area contributed by atoms with Gasteiger partial charge in [0.25, 0.3) is 0 Å². The van der Waals surface area contributed by atoms with Crippen LogP contribution in [-0.2, 0) is 7.05 Å². The van der Waals surface area contributed by atoms with E-state index < -0.39 is 0 Å². The summed E-state index contributed by atoms with van der Waals surface area (Å²) in [5, 5.41) is 0. The fourth-order valence-electron chi connectivity index (χ4n) is 2.23. The first-order valence-electron chi connectivity index (χ1n) is 6.06. The summed E-state index contributed by atoms with van der Waals surface area (Å²) < 4.78 is 7.22. The number of nitrogens with two attached hydrogens (primary N) is 1. The Bertz CT molecular complexity index is 729. The average Bonchev–Trinajstić information content (AvgIpc) is 2.78. The summed E-state index contributed by atoms with van der Waals surface area (Å²) in [6.07, 6.45) is 0. The van der Waals surface area contributed by atoms with Crippen molar-refractivity contribution in [1.82, 2.24) is 9.55 Å². The van der Waals surface area contributed by atoms with Crippen molar-refractivity contribution in [3.63, 3.8) is 0 Å². The number of hydrogen-bond acceptors (Lipinski definition) is 3. The smallest absolute Gasteiger partial charge is 0.140 e. The van der Waals surface area contributed by atoms with Crippen LogP contribution in [-0.4, -0.2) is 16.7 Å². The molecule has 0 unspecified atom stereocenters. The van der Waals surface area contributed by atoms with Crippen molar-refractivity contribution in [2.45, 2.75) is 0 Å². The molecule has 2 N–H and O–H groups in total. The molecule has 1 aromatic heterocycles. The number of hydrogen-bond donors (Lipinski definition) is 1. The summed E-state index contributed by atoms with van der Waals surface area (Å²) >= 11 is 0. The minimum Gasteiger partial charge on any atom is -0.497 e. The van der Waals surface area contributed by atoms with Crippen LogP contribution in [0.4, 0.5) is 5.69 Å². The van der Waals surface area contributed by atoms with Crippen LogP contribution in [0, 0.1) is 0 Å². The van der Waals surface area contributed by atoms with Gasteiger partial charge >= 0.3 is 0 Å². The predicted molar refractivity (Wildman–Crippen MR) is 77.1 cm³/mol. The molecule has 0 radical (unpaired) electrons. The van der Waals surface area contributed by atoms with Gasteiger partial charge in [0.05, 0.1) is 18.3 Å². The molecule has 0 aliphatic heterocycles. The van der Waals surface area contributed by atoms with Gasteiger partial charge in [-0.1, -0.05) is 6.07 Å². The highest BCUT2D eigenvalue weighted by Crippen LogP contribution is 2.27. The van der Waals surface area contributed by atoms with E-state index in [1.807, 2.05) is 54.1 Å². The lowest BCUT2D eigenvalue weighted by Gasteiger charge is -2.04. The van der Waals surface area contributed by atoms with E-state index in [0.717, 1.165) is 28.2 Å². The lowest BCUT2D eigenvalue weighted by molar-refractivity contribution is 0.415. The molecule has 0 spiro atoms. The number of aryl methyl sites for hydroxylation is 1. The number of nitrogen functional groups attached to an aromatic ring is 1. The van der Waals surface area contributed by atoms with Crippen molar-refractivity contribution in [3.05, 3.63) is 42.5 Å². The maximum Gasteiger partial charge on any atom is 0.140 e. The topological polar surface area (TPSA) is 53.1 Å². The fraction of sp³-hybridized carbons (Fsp3) is 0.133. The molecule has 0 saturated heterocycles. The van der Waals surface area contributed by atoms with Crippen molar-refractivity contribution < 1.29 is 4.74 Å². The van der Waals surface area contributed by atoms with Gasteiger partial charge < -0.3 is 15.0 Å². The Balaban J connectivity index is 2.19. The molecule has 0 atom stereocenters. The lowest BCUT2D eigenvalue weighted by Crippen LogP contribution is -1.92. The van der Waals surface area contributed by atoms with Gasteiger partial charge in [-0.25, -0.2) is 4.98 Å². The van der Waals surface area contributed by atoms with Gasteiger partial charge in [0.1, 0.15) is 17.1 Å². The van der Waals surface area contributed by atoms with Crippen molar-refractivity contribution in [1.29, 1.82) is 0 Å². The molecule has 1 heterocycles. The Kier molecular flexibility index (Phi) is 2.63. The summed E-state index contributed by atoms with van der Waals surface area (Å²) in [6.45, 7) is 0. The number of para-hydroxylation sites is 1. The summed E-state index contributed by atoms with van der Waals surface area (Å²) in [5.41, 5.74) is 9.59. The van der Waals surface area contributed by atoms with Crippen LogP contribution in [0.25, 0.3) is 22.4 Å². The van der Waals surface area contributed by atoms with Gasteiger partial charge in [-0.2, -0.15) is 0 Å². The molecule has 0 aliphatic carbocycles. The molecule has 3 rings (SSSR count). The molecular formula is C15H15N3O. The van der Waals surface area contributed by atoms with E-state index in [1.165, 1.54) is 0 Å². The van der Waals surface area contributed by atoms with Gasteiger partial charge in [-0.05, 0) is 36.4 Å². The molecule has 3 aromatic rings. The standard InChI is InChI=1S/C15H15N3O/c1-18-13-5-3-4-12(16)14(13)17-15(18)10-6-8-11(19-2)9-7-10/h3-9H,16H2,1-2H3. The van der Waals surface area contributed by atoms with Crippen LogP contribution < -0.4 is 10.5 Å². The number of nitrogens with zero attached hydrogens (tertiary/aromatic N) is 2. The number of fused-ring (bicyclic) bond motifs is 1. The molecule has 0 aliphatic rings. The Labute approximate surface area is 111 Å². The van der Waals surface area contributed by atoms with Crippen LogP contribution in [0.15, 0.2) is 42.5 Å². The van der Waals surface area contributed by atoms with Gasteiger partial charge in [0, 0.05) is 12.6 Å². The molecule has 4 heteroatoms. The quantitative estimate of drug-likeness (QED) is 0.714. The van der Waals surface area contributed by atoms with E-state index in [0.29, 0.717) is 5.69 Å². The maximum atomic E-state index is 5.97. The highest BCUT2D eigenvalue weighted by molar-refractivity contribution is 5.90. The Hall–Kier alpha value is -2.49. The van der Waals surface area contributed by atoms with Crippen LogP contribution >= 0.6 is 0 Å². The fourth-order valence-corrected chi connectivity index (χ4v) is 2.23. The molecular weight excluding hydrogens is 238 g/mol. The zero-order chi connectivity index (χ0) is 13.4. The molecule has 0 saturated carbocycles. The van der Waals surface area contributed by atoms with E-state index in [4.69, 9.17) is 10.5 Å². The average molecular weight is 253 g/mol. The summed E-state index contributed by atoms with van der Waals surface area (Å²) in [5.74, 6) is 1.73. The van der Waals surface area contributed by atoms with Crippen LogP contribution in [0.1, 0.15) is 0 Å². The highest BCUT2D eigenvalue weighted by Gasteiger charge is 2.11. The second kappa shape index (κ2) is 4.31. The minimum atomic E-state index is 0.702. The zero-order valence-corrected chi connectivity index (χ0v) is 10.9. The highest BCUT2D eigenvalue weighted by atomic mass is 16.5. The molecule has 0 fully saturated rings. The first-order valence-corrected chi connectivity index (χ1v) is 6.06. The Morgan fingerprint density at radius 1 is 1.11 bits per heavy atom. The van der Waals surface area contributed by atoms with Crippen molar-refractivity contribution in [2.24, 2.45) is 7.05 Å². The number of anilines is 1. The Morgan fingerprint density at radius 2 is 1.84 bits per heavy atom. The summed E-state index contributed by atoms with van der Waals surface area (Å²) in [6, 6.07) is 13.7. The number of imidazole rings is 1. The summed E-state index contributed by atoms with van der Waals surface area (Å²) in [7, 11) is 3.65. The van der Waals surface area contributed by atoms with E-state index in [-0.39, 0.29) is 0 Å². The second-order valence-corrected chi connectivity index (χ2v) is 4.44. The molecule has 0 bridgehead atoms. The van der Waals surface area contributed by atoms with Crippen LogP contribution in [0.5, 0.6) is 5.75 Å². The third kappa shape index (κ3) is 1.81. The van der Waals surface area contributed by atoms with Crippen LogP contribution in [0.2, 0.25) is 0 Å². The van der Waals surface area contributed by atoms with Crippen LogP contribution in [0.3, 0.4) is 0 Å². The lowest BCUT2D eigenvalue weighted by atomic mass is 10.2. The molecule has 2 aromatic carbocycles. The van der Waals surface area contributed by atoms with E-state index in [2.05, 4.69) is 4.98 Å². The molecule has 4 nitrogen and oxygen atoms in total. The Morgan fingerprint density at radius 3 is 2.47 bits per heavy atom. The number of ether oxygens (including phenoxy) is 1. The van der Waals surface area contributed by atoms with Gasteiger partial charge in [-0.3, -0.25) is 0 Å². The second-order valence-electron chi connectivity index (χ2n) is 4.44. The van der Waals surface area contributed by atoms with E-state index in [9.17, 15) is 0 Å². The van der Waals surface area contributed by atoms with Gasteiger partial charge in [0.2, 0.25) is 0 Å². The number of methoxy groups -OCH3 is 1. The molecule has 96 valence electrons. The van der Waals surface area contributed by atoms with Gasteiger partial charge in [0.15, 0.2) is 0 Å². The van der Waals surface area contributed by atoms with Crippen molar-refractivity contribution >= 4 is 16.7 Å². The van der Waals surface area contributed by atoms with Crippen molar-refractivity contribution in [3.8, 4) is 17.1 Å². The first-order chi connectivity index (χ1) is 9.20. The van der Waals surface area contributed by atoms with E-state index in [1.54, 1.807) is 7.11 Å². The first kappa shape index (κ1) is 11.6. The number of aromatic nitrogens is 2. The maximum absolute atomic E-state index is 5.97. The number of benzene rings is 2. The zero-order valence-electron chi connectivity index (χ0n) is 10.9. The predicted octanol–water partition coefficient (Wildman–Crippen LogP) is 2.83. The van der Waals surface area contributed by atoms with Gasteiger partial charge in [-0.15, -0.1) is 0 Å². The molecule has 0 amide bonds. The van der Waals surface area contributed by atoms with Crippen molar-refractivity contribution in [2.75, 3.05) is 12.8 Å². The molecule has 19 heavy (non-hydrogen) atoms. The SMILES string of the molecule is COc1ccc(-c2nc3c(N)cccc3n2C)cc1. The monoisotopic (exact) mass is 253 g/mol. The number of rotatable bonds is 2. The largest absolute Gasteiger partial charge is 0.497 e.